The summed E-state index contributed by atoms with van der Waals surface area (Å²) in [6.07, 6.45) is -4.36. The minimum absolute atomic E-state index is 0.129. The average Bonchev–Trinajstić information content (AvgIpc) is 2.45. The number of anilines is 1. The van der Waals surface area contributed by atoms with Crippen LogP contribution in [0.3, 0.4) is 0 Å². The minimum Gasteiger partial charge on any atom is -0.369 e. The van der Waals surface area contributed by atoms with Crippen LogP contribution in [0.25, 0.3) is 0 Å². The lowest BCUT2D eigenvalue weighted by molar-refractivity contribution is -0.138. The Bertz CT molecular complexity index is 480. The maximum absolute atomic E-state index is 13.1. The third-order valence-corrected chi connectivity index (χ3v) is 4.24. The van der Waals surface area contributed by atoms with Gasteiger partial charge in [0, 0.05) is 43.8 Å². The summed E-state index contributed by atoms with van der Waals surface area (Å²) < 4.78 is 39.2. The Labute approximate surface area is 128 Å². The van der Waals surface area contributed by atoms with Crippen molar-refractivity contribution >= 4 is 17.3 Å². The standard InChI is InChI=1S/C15H20ClF3N2/c1-11(2)20-5-7-21(8-6-20)13-4-3-12(10-16)14(9-13)15(17,18)19/h3-4,9,11H,5-8,10H2,1-2H3. The molecular formula is C15H20ClF3N2. The van der Waals surface area contributed by atoms with Gasteiger partial charge in [0.2, 0.25) is 0 Å². The van der Waals surface area contributed by atoms with Crippen molar-refractivity contribution in [3.8, 4) is 0 Å². The first kappa shape index (κ1) is 16.4. The Morgan fingerprint density at radius 2 is 1.76 bits per heavy atom. The van der Waals surface area contributed by atoms with Gasteiger partial charge >= 0.3 is 6.18 Å². The molecule has 21 heavy (non-hydrogen) atoms. The Hall–Kier alpha value is -0.940. The predicted molar refractivity (Wildman–Crippen MR) is 79.9 cm³/mol. The van der Waals surface area contributed by atoms with E-state index in [9.17, 15) is 13.2 Å². The van der Waals surface area contributed by atoms with E-state index in [1.807, 2.05) is 4.90 Å². The van der Waals surface area contributed by atoms with Crippen LogP contribution in [0.2, 0.25) is 0 Å². The summed E-state index contributed by atoms with van der Waals surface area (Å²) >= 11 is 5.61. The molecule has 0 atom stereocenters. The van der Waals surface area contributed by atoms with Gasteiger partial charge in [0.15, 0.2) is 0 Å². The molecule has 0 bridgehead atoms. The first-order chi connectivity index (χ1) is 9.82. The van der Waals surface area contributed by atoms with Crippen molar-refractivity contribution in [3.05, 3.63) is 29.3 Å². The highest BCUT2D eigenvalue weighted by Gasteiger charge is 2.34. The maximum atomic E-state index is 13.1. The number of hydrogen-bond acceptors (Lipinski definition) is 2. The fourth-order valence-electron chi connectivity index (χ4n) is 2.64. The number of piperazine rings is 1. The molecule has 1 aromatic rings. The molecule has 0 radical (unpaired) electrons. The van der Waals surface area contributed by atoms with Gasteiger partial charge in [0.05, 0.1) is 5.56 Å². The van der Waals surface area contributed by atoms with Crippen LogP contribution in [0.4, 0.5) is 18.9 Å². The average molecular weight is 321 g/mol. The molecular weight excluding hydrogens is 301 g/mol. The van der Waals surface area contributed by atoms with Crippen molar-refractivity contribution in [1.29, 1.82) is 0 Å². The van der Waals surface area contributed by atoms with E-state index in [0.717, 1.165) is 26.2 Å². The number of nitrogens with zero attached hydrogens (tertiary/aromatic N) is 2. The van der Waals surface area contributed by atoms with Crippen LogP contribution in [0.15, 0.2) is 18.2 Å². The minimum atomic E-state index is -4.36. The van der Waals surface area contributed by atoms with Crippen molar-refractivity contribution in [2.45, 2.75) is 31.9 Å². The number of rotatable bonds is 3. The zero-order chi connectivity index (χ0) is 15.6. The summed E-state index contributed by atoms with van der Waals surface area (Å²) in [6.45, 7) is 7.50. The molecule has 6 heteroatoms. The highest BCUT2D eigenvalue weighted by atomic mass is 35.5. The quantitative estimate of drug-likeness (QED) is 0.777. The van der Waals surface area contributed by atoms with Crippen LogP contribution in [0.1, 0.15) is 25.0 Å². The van der Waals surface area contributed by atoms with Gasteiger partial charge in [-0.3, -0.25) is 4.90 Å². The number of alkyl halides is 4. The molecule has 0 aliphatic carbocycles. The molecule has 0 saturated carbocycles. The summed E-state index contributed by atoms with van der Waals surface area (Å²) in [7, 11) is 0. The van der Waals surface area contributed by atoms with E-state index in [1.54, 1.807) is 6.07 Å². The molecule has 1 aromatic carbocycles. The molecule has 0 unspecified atom stereocenters. The van der Waals surface area contributed by atoms with Crippen molar-refractivity contribution in [3.63, 3.8) is 0 Å². The Morgan fingerprint density at radius 1 is 1.14 bits per heavy atom. The zero-order valence-corrected chi connectivity index (χ0v) is 13.0. The van der Waals surface area contributed by atoms with Gasteiger partial charge < -0.3 is 4.90 Å². The molecule has 0 N–H and O–H groups in total. The van der Waals surface area contributed by atoms with E-state index in [4.69, 9.17) is 11.6 Å². The van der Waals surface area contributed by atoms with Crippen LogP contribution >= 0.6 is 11.6 Å². The lowest BCUT2D eigenvalue weighted by Crippen LogP contribution is -2.48. The van der Waals surface area contributed by atoms with E-state index in [2.05, 4.69) is 18.7 Å². The molecule has 1 aliphatic rings. The summed E-state index contributed by atoms with van der Waals surface area (Å²) in [5, 5.41) is 0. The van der Waals surface area contributed by atoms with Gasteiger partial charge in [-0.2, -0.15) is 13.2 Å². The van der Waals surface area contributed by atoms with Gasteiger partial charge in [0.1, 0.15) is 0 Å². The lowest BCUT2D eigenvalue weighted by atomic mass is 10.1. The SMILES string of the molecule is CC(C)N1CCN(c2ccc(CCl)c(C(F)(F)F)c2)CC1. The third-order valence-electron chi connectivity index (χ3n) is 3.95. The van der Waals surface area contributed by atoms with Gasteiger partial charge in [-0.1, -0.05) is 6.07 Å². The molecule has 118 valence electrons. The summed E-state index contributed by atoms with van der Waals surface area (Å²) in [5.74, 6) is -0.129. The molecule has 2 rings (SSSR count). The van der Waals surface area contributed by atoms with E-state index in [1.165, 1.54) is 12.1 Å². The van der Waals surface area contributed by atoms with Crippen molar-refractivity contribution in [2.24, 2.45) is 0 Å². The van der Waals surface area contributed by atoms with E-state index in [0.29, 0.717) is 11.7 Å². The molecule has 2 nitrogen and oxygen atoms in total. The first-order valence-electron chi connectivity index (χ1n) is 7.08. The number of benzene rings is 1. The van der Waals surface area contributed by atoms with Crippen molar-refractivity contribution in [2.75, 3.05) is 31.1 Å². The third kappa shape index (κ3) is 3.83. The van der Waals surface area contributed by atoms with E-state index in [-0.39, 0.29) is 11.4 Å². The molecule has 1 saturated heterocycles. The molecule has 1 aliphatic heterocycles. The molecule has 0 amide bonds. The smallest absolute Gasteiger partial charge is 0.369 e. The van der Waals surface area contributed by atoms with Gasteiger partial charge in [-0.15, -0.1) is 11.6 Å². The maximum Gasteiger partial charge on any atom is 0.416 e. The van der Waals surface area contributed by atoms with Crippen LogP contribution in [0, 0.1) is 0 Å². The topological polar surface area (TPSA) is 6.48 Å². The molecule has 1 fully saturated rings. The molecule has 0 aromatic heterocycles. The molecule has 0 spiro atoms. The van der Waals surface area contributed by atoms with E-state index < -0.39 is 11.7 Å². The summed E-state index contributed by atoms with van der Waals surface area (Å²) in [5.41, 5.74) is 0.134. The second kappa shape index (κ2) is 6.44. The molecule has 1 heterocycles. The number of hydrogen-bond donors (Lipinski definition) is 0. The van der Waals surface area contributed by atoms with Gasteiger partial charge in [-0.05, 0) is 31.5 Å². The Morgan fingerprint density at radius 3 is 2.24 bits per heavy atom. The summed E-state index contributed by atoms with van der Waals surface area (Å²) in [6, 6.07) is 4.91. The van der Waals surface area contributed by atoms with Gasteiger partial charge in [-0.25, -0.2) is 0 Å². The fourth-order valence-corrected chi connectivity index (χ4v) is 2.87. The van der Waals surface area contributed by atoms with Crippen molar-refractivity contribution < 1.29 is 13.2 Å². The van der Waals surface area contributed by atoms with Crippen LogP contribution in [-0.4, -0.2) is 37.1 Å². The summed E-state index contributed by atoms with van der Waals surface area (Å²) in [4.78, 5) is 4.33. The fraction of sp³-hybridized carbons (Fsp3) is 0.600. The van der Waals surface area contributed by atoms with Gasteiger partial charge in [0.25, 0.3) is 0 Å². The van der Waals surface area contributed by atoms with Crippen LogP contribution in [-0.2, 0) is 12.1 Å². The zero-order valence-electron chi connectivity index (χ0n) is 12.3. The highest BCUT2D eigenvalue weighted by Crippen LogP contribution is 2.35. The lowest BCUT2D eigenvalue weighted by Gasteiger charge is -2.38. The largest absolute Gasteiger partial charge is 0.416 e. The Balaban J connectivity index is 2.18. The monoisotopic (exact) mass is 320 g/mol. The first-order valence-corrected chi connectivity index (χ1v) is 7.61. The van der Waals surface area contributed by atoms with Crippen molar-refractivity contribution in [1.82, 2.24) is 4.90 Å². The highest BCUT2D eigenvalue weighted by molar-refractivity contribution is 6.17. The van der Waals surface area contributed by atoms with Crippen LogP contribution in [0.5, 0.6) is 0 Å². The van der Waals surface area contributed by atoms with Crippen LogP contribution < -0.4 is 4.90 Å². The normalized spacial score (nSPS) is 17.6. The second-order valence-electron chi connectivity index (χ2n) is 5.59. The van der Waals surface area contributed by atoms with E-state index >= 15 is 0 Å². The second-order valence-corrected chi connectivity index (χ2v) is 5.86. The predicted octanol–water partition coefficient (Wildman–Crippen LogP) is 3.97. The number of halogens is 4. The Kier molecular flexibility index (Phi) is 5.04.